The molecule has 0 aliphatic rings. The summed E-state index contributed by atoms with van der Waals surface area (Å²) in [6.45, 7) is 0. The second kappa shape index (κ2) is 11.3. The fraction of sp³-hybridized carbons (Fsp3) is 0. The zero-order valence-corrected chi connectivity index (χ0v) is 25.5. The summed E-state index contributed by atoms with van der Waals surface area (Å²) >= 11 is 0. The van der Waals surface area contributed by atoms with Gasteiger partial charge in [-0.2, -0.15) is 0 Å². The summed E-state index contributed by atoms with van der Waals surface area (Å²) in [7, 11) is 0. The lowest BCUT2D eigenvalue weighted by Crippen LogP contribution is -2.10. The van der Waals surface area contributed by atoms with Crippen molar-refractivity contribution in [2.75, 3.05) is 4.90 Å². The minimum atomic E-state index is -0.103. The Morgan fingerprint density at radius 2 is 0.851 bits per heavy atom. The van der Waals surface area contributed by atoms with Crippen LogP contribution in [-0.4, -0.2) is 0 Å². The van der Waals surface area contributed by atoms with E-state index in [1.165, 1.54) is 0 Å². The van der Waals surface area contributed by atoms with Gasteiger partial charge in [-0.05, 0) is 96.3 Å². The van der Waals surface area contributed by atoms with E-state index in [0.717, 1.165) is 65.6 Å². The molecule has 0 fully saturated rings. The van der Waals surface area contributed by atoms with Gasteiger partial charge in [0, 0.05) is 16.8 Å². The van der Waals surface area contributed by atoms with Crippen LogP contribution in [0, 0.1) is 0 Å². The highest BCUT2D eigenvalue weighted by Crippen LogP contribution is 2.43. The predicted molar refractivity (Wildman–Crippen MR) is 202 cm³/mol. The average molecular weight is 602 g/mol. The zero-order chi connectivity index (χ0) is 34.6. The molecule has 0 aromatic heterocycles. The van der Waals surface area contributed by atoms with E-state index in [1.807, 2.05) is 102 Å². The molecule has 0 amide bonds. The lowest BCUT2D eigenvalue weighted by atomic mass is 9.96. The van der Waals surface area contributed by atoms with Gasteiger partial charge in [-0.3, -0.25) is 0 Å². The Morgan fingerprint density at radius 3 is 1.60 bits per heavy atom. The summed E-state index contributed by atoms with van der Waals surface area (Å²) in [6, 6.07) is 54.6. The Balaban J connectivity index is 1.30. The standard InChI is InChI=1S/C46H31N/c1-2-10-32(11-3-1)33-22-26-39(27-23-33)47(46-31-38-13-5-7-15-42(38)43-16-8-9-17-44(43)46)40-28-24-34(25-29-40)37-21-20-36-19-18-35-12-4-6-14-41(35)45(36)30-37/h1-31H/i24D,25D,28D,29D. The van der Waals surface area contributed by atoms with E-state index in [9.17, 15) is 5.48 Å². The summed E-state index contributed by atoms with van der Waals surface area (Å²) in [5.41, 5.74) is 4.78. The van der Waals surface area contributed by atoms with E-state index in [4.69, 9.17) is 0 Å². The van der Waals surface area contributed by atoms with Crippen molar-refractivity contribution in [1.29, 1.82) is 0 Å². The first-order valence-electron chi connectivity index (χ1n) is 17.9. The Bertz CT molecular complexity index is 2760. The minimum absolute atomic E-state index is 0.0819. The Labute approximate surface area is 280 Å². The van der Waals surface area contributed by atoms with E-state index in [-0.39, 0.29) is 35.4 Å². The molecule has 0 N–H and O–H groups in total. The van der Waals surface area contributed by atoms with Gasteiger partial charge in [0.25, 0.3) is 0 Å². The van der Waals surface area contributed by atoms with Crippen LogP contribution in [0.25, 0.3) is 65.3 Å². The second-order valence-corrected chi connectivity index (χ2v) is 11.9. The van der Waals surface area contributed by atoms with Crippen molar-refractivity contribution in [2.45, 2.75) is 0 Å². The monoisotopic (exact) mass is 601 g/mol. The number of hydrogen-bond donors (Lipinski definition) is 0. The number of fused-ring (bicyclic) bond motifs is 6. The average Bonchev–Trinajstić information content (AvgIpc) is 3.19. The maximum atomic E-state index is 9.56. The molecule has 0 spiro atoms. The molecular formula is C46H31N. The molecule has 0 unspecified atom stereocenters. The van der Waals surface area contributed by atoms with Crippen LogP contribution < -0.4 is 4.90 Å². The number of rotatable bonds is 5. The van der Waals surface area contributed by atoms with Crippen molar-refractivity contribution in [2.24, 2.45) is 0 Å². The van der Waals surface area contributed by atoms with E-state index >= 15 is 0 Å². The third-order valence-electron chi connectivity index (χ3n) is 9.09. The molecule has 0 bridgehead atoms. The van der Waals surface area contributed by atoms with Crippen molar-refractivity contribution in [3.8, 4) is 22.3 Å². The molecule has 9 aromatic rings. The van der Waals surface area contributed by atoms with Gasteiger partial charge in [0.1, 0.15) is 0 Å². The molecular weight excluding hydrogens is 567 g/mol. The topological polar surface area (TPSA) is 3.24 Å². The zero-order valence-electron chi connectivity index (χ0n) is 29.5. The van der Waals surface area contributed by atoms with E-state index in [1.54, 1.807) is 0 Å². The molecule has 1 heteroatoms. The molecule has 47 heavy (non-hydrogen) atoms. The van der Waals surface area contributed by atoms with Crippen LogP contribution in [0.2, 0.25) is 0 Å². The van der Waals surface area contributed by atoms with Crippen LogP contribution in [0.15, 0.2) is 188 Å². The third kappa shape index (κ3) is 4.81. The van der Waals surface area contributed by atoms with Gasteiger partial charge < -0.3 is 4.90 Å². The minimum Gasteiger partial charge on any atom is -0.310 e. The molecule has 1 nitrogen and oxygen atoms in total. The van der Waals surface area contributed by atoms with Crippen molar-refractivity contribution in [1.82, 2.24) is 0 Å². The van der Waals surface area contributed by atoms with Crippen LogP contribution in [0.5, 0.6) is 0 Å². The SMILES string of the molecule is [2H]c1c([2H])c(N(c2ccc(-c3ccccc3)cc2)c2cc3ccccc3c3ccccc23)c([2H])c([2H])c1-c1ccc2ccc3ccccc3c2c1. The Hall–Kier alpha value is -6.18. The Morgan fingerprint density at radius 1 is 0.319 bits per heavy atom. The third-order valence-corrected chi connectivity index (χ3v) is 9.09. The summed E-state index contributed by atoms with van der Waals surface area (Å²) in [5.74, 6) is 0. The van der Waals surface area contributed by atoms with Gasteiger partial charge in [0.15, 0.2) is 0 Å². The smallest absolute Gasteiger partial charge is 0.0645 e. The molecule has 0 atom stereocenters. The lowest BCUT2D eigenvalue weighted by molar-refractivity contribution is 1.30. The van der Waals surface area contributed by atoms with E-state index in [0.29, 0.717) is 5.56 Å². The molecule has 9 aromatic carbocycles. The van der Waals surface area contributed by atoms with Gasteiger partial charge in [-0.25, -0.2) is 0 Å². The molecule has 0 aliphatic heterocycles. The summed E-state index contributed by atoms with van der Waals surface area (Å²) in [6.07, 6.45) is 0. The normalized spacial score (nSPS) is 12.6. The van der Waals surface area contributed by atoms with Crippen LogP contribution in [0.1, 0.15) is 5.48 Å². The second-order valence-electron chi connectivity index (χ2n) is 11.9. The van der Waals surface area contributed by atoms with E-state index < -0.39 is 0 Å². The molecule has 0 saturated carbocycles. The van der Waals surface area contributed by atoms with Crippen LogP contribution in [-0.2, 0) is 0 Å². The molecule has 0 saturated heterocycles. The van der Waals surface area contributed by atoms with Gasteiger partial charge in [-0.1, -0.05) is 152 Å². The van der Waals surface area contributed by atoms with Crippen LogP contribution >= 0.6 is 0 Å². The number of hydrogen-bond acceptors (Lipinski definition) is 1. The molecule has 0 heterocycles. The fourth-order valence-electron chi connectivity index (χ4n) is 6.76. The van der Waals surface area contributed by atoms with E-state index in [2.05, 4.69) is 66.7 Å². The van der Waals surface area contributed by atoms with Crippen molar-refractivity contribution < 1.29 is 5.48 Å². The number of benzene rings is 9. The van der Waals surface area contributed by atoms with Gasteiger partial charge in [-0.15, -0.1) is 0 Å². The van der Waals surface area contributed by atoms with Crippen molar-refractivity contribution in [3.05, 3.63) is 188 Å². The highest BCUT2D eigenvalue weighted by Gasteiger charge is 2.18. The first kappa shape index (κ1) is 23.2. The summed E-state index contributed by atoms with van der Waals surface area (Å²) < 4.78 is 38.0. The highest BCUT2D eigenvalue weighted by molar-refractivity contribution is 6.14. The number of anilines is 3. The van der Waals surface area contributed by atoms with Crippen LogP contribution in [0.4, 0.5) is 17.1 Å². The molecule has 0 radical (unpaired) electrons. The molecule has 0 aliphatic carbocycles. The van der Waals surface area contributed by atoms with Gasteiger partial charge >= 0.3 is 0 Å². The first-order valence-corrected chi connectivity index (χ1v) is 15.9. The molecule has 220 valence electrons. The maximum Gasteiger partial charge on any atom is 0.0645 e. The molecule has 9 rings (SSSR count). The van der Waals surface area contributed by atoms with Crippen LogP contribution in [0.3, 0.4) is 0 Å². The predicted octanol–water partition coefficient (Wildman–Crippen LogP) is 13.1. The maximum absolute atomic E-state index is 9.56. The van der Waals surface area contributed by atoms with Crippen molar-refractivity contribution >= 4 is 60.2 Å². The first-order chi connectivity index (χ1) is 25.0. The number of nitrogens with zero attached hydrogens (tertiary/aromatic N) is 1. The quantitative estimate of drug-likeness (QED) is 0.177. The largest absolute Gasteiger partial charge is 0.310 e. The lowest BCUT2D eigenvalue weighted by Gasteiger charge is -2.28. The summed E-state index contributed by atoms with van der Waals surface area (Å²) in [5, 5.41) is 8.37. The van der Waals surface area contributed by atoms with Crippen molar-refractivity contribution in [3.63, 3.8) is 0 Å². The Kier molecular flexibility index (Phi) is 5.59. The summed E-state index contributed by atoms with van der Waals surface area (Å²) in [4.78, 5) is 1.90. The van der Waals surface area contributed by atoms with Gasteiger partial charge in [0.2, 0.25) is 0 Å². The highest BCUT2D eigenvalue weighted by atomic mass is 15.1. The van der Waals surface area contributed by atoms with Gasteiger partial charge in [0.05, 0.1) is 11.2 Å². The fourth-order valence-corrected chi connectivity index (χ4v) is 6.76.